The molecule has 0 aromatic heterocycles. The Balaban J connectivity index is 1.72. The molecule has 0 unspecified atom stereocenters. The average molecular weight is 339 g/mol. The first-order chi connectivity index (χ1) is 12.1. The number of aliphatic hydroxyl groups excluding tert-OH is 1. The molecule has 0 saturated heterocycles. The quantitative estimate of drug-likeness (QED) is 0.853. The van der Waals surface area contributed by atoms with Crippen LogP contribution in [0.4, 0.5) is 0 Å². The van der Waals surface area contributed by atoms with Crippen molar-refractivity contribution in [3.8, 4) is 5.75 Å². The molecule has 1 aliphatic rings. The number of rotatable bonds is 6. The molecule has 0 heterocycles. The van der Waals surface area contributed by atoms with Gasteiger partial charge in [0.2, 0.25) is 0 Å². The normalized spacial score (nSPS) is 23.8. The molecule has 3 atom stereocenters. The third-order valence-electron chi connectivity index (χ3n) is 5.09. The van der Waals surface area contributed by atoms with Crippen LogP contribution in [-0.4, -0.2) is 34.3 Å². The van der Waals surface area contributed by atoms with Crippen molar-refractivity contribution in [2.45, 2.75) is 63.9 Å². The van der Waals surface area contributed by atoms with E-state index in [-0.39, 0.29) is 12.1 Å². The fraction of sp³-hybridized carbons (Fsp3) is 0.455. The van der Waals surface area contributed by atoms with Crippen molar-refractivity contribution in [1.29, 1.82) is 0 Å². The van der Waals surface area contributed by atoms with Crippen LogP contribution in [0, 0.1) is 0 Å². The van der Waals surface area contributed by atoms with Crippen LogP contribution < -0.4 is 4.74 Å². The summed E-state index contributed by atoms with van der Waals surface area (Å²) in [5.74, 6) is 0.839. The van der Waals surface area contributed by atoms with Gasteiger partial charge in [-0.3, -0.25) is 4.90 Å². The predicted octanol–water partition coefficient (Wildman–Crippen LogP) is 4.26. The van der Waals surface area contributed by atoms with Gasteiger partial charge in [-0.05, 0) is 50.8 Å². The zero-order chi connectivity index (χ0) is 17.6. The highest BCUT2D eigenvalue weighted by atomic mass is 16.5. The first kappa shape index (κ1) is 18.0. The predicted molar refractivity (Wildman–Crippen MR) is 102 cm³/mol. The zero-order valence-electron chi connectivity index (χ0n) is 15.2. The van der Waals surface area contributed by atoms with Gasteiger partial charge in [-0.2, -0.15) is 0 Å². The lowest BCUT2D eigenvalue weighted by Crippen LogP contribution is -2.54. The molecule has 0 spiro atoms. The fourth-order valence-electron chi connectivity index (χ4n) is 3.76. The summed E-state index contributed by atoms with van der Waals surface area (Å²) in [5, 5.41) is 11.0. The molecular weight excluding hydrogens is 310 g/mol. The second-order valence-electron chi connectivity index (χ2n) is 7.21. The van der Waals surface area contributed by atoms with E-state index in [1.807, 2.05) is 36.4 Å². The second kappa shape index (κ2) is 8.50. The molecule has 2 aromatic carbocycles. The van der Waals surface area contributed by atoms with Gasteiger partial charge in [-0.1, -0.05) is 48.5 Å². The molecule has 0 amide bonds. The summed E-state index contributed by atoms with van der Waals surface area (Å²) in [6.45, 7) is 5.27. The number of hydrogen-bond acceptors (Lipinski definition) is 3. The highest BCUT2D eigenvalue weighted by molar-refractivity contribution is 5.21. The van der Waals surface area contributed by atoms with E-state index in [4.69, 9.17) is 4.74 Å². The second-order valence-corrected chi connectivity index (χ2v) is 7.21. The Morgan fingerprint density at radius 1 is 1.00 bits per heavy atom. The van der Waals surface area contributed by atoms with Crippen molar-refractivity contribution in [3.05, 3.63) is 66.2 Å². The molecule has 1 fully saturated rings. The summed E-state index contributed by atoms with van der Waals surface area (Å²) in [5.41, 5.74) is 1.29. The summed E-state index contributed by atoms with van der Waals surface area (Å²) >= 11 is 0. The Bertz CT molecular complexity index is 629. The number of nitrogens with zero attached hydrogens (tertiary/aromatic N) is 1. The molecule has 1 aliphatic carbocycles. The Hall–Kier alpha value is -1.84. The number of benzene rings is 2. The average Bonchev–Trinajstić information content (AvgIpc) is 2.63. The molecule has 3 heteroatoms. The van der Waals surface area contributed by atoms with Gasteiger partial charge in [0.05, 0.1) is 0 Å². The first-order valence-electron chi connectivity index (χ1n) is 9.34. The van der Waals surface area contributed by atoms with E-state index in [1.165, 1.54) is 5.56 Å². The lowest BCUT2D eigenvalue weighted by atomic mass is 9.87. The van der Waals surface area contributed by atoms with E-state index in [1.54, 1.807) is 0 Å². The number of hydrogen-bond donors (Lipinski definition) is 1. The lowest BCUT2D eigenvalue weighted by molar-refractivity contribution is -0.0640. The summed E-state index contributed by atoms with van der Waals surface area (Å²) in [6.07, 6.45) is 2.39. The Kier molecular flexibility index (Phi) is 6.11. The Morgan fingerprint density at radius 3 is 2.28 bits per heavy atom. The van der Waals surface area contributed by atoms with Crippen LogP contribution >= 0.6 is 0 Å². The SMILES string of the molecule is CC(C)N(Cc1ccccc1)[C@H]1CCC[C@@H](Oc2ccccc2)[C@@H]1O. The van der Waals surface area contributed by atoms with Crippen LogP contribution in [0.5, 0.6) is 5.75 Å². The van der Waals surface area contributed by atoms with Gasteiger partial charge >= 0.3 is 0 Å². The van der Waals surface area contributed by atoms with Gasteiger partial charge in [-0.25, -0.2) is 0 Å². The third-order valence-corrected chi connectivity index (χ3v) is 5.09. The van der Waals surface area contributed by atoms with Gasteiger partial charge in [0.15, 0.2) is 0 Å². The van der Waals surface area contributed by atoms with Crippen LogP contribution in [0.1, 0.15) is 38.7 Å². The van der Waals surface area contributed by atoms with Gasteiger partial charge in [-0.15, -0.1) is 0 Å². The molecule has 3 nitrogen and oxygen atoms in total. The summed E-state index contributed by atoms with van der Waals surface area (Å²) in [7, 11) is 0. The van der Waals surface area contributed by atoms with Crippen LogP contribution in [0.25, 0.3) is 0 Å². The summed E-state index contributed by atoms with van der Waals surface area (Å²) in [6, 6.07) is 20.8. The molecule has 0 aliphatic heterocycles. The first-order valence-corrected chi connectivity index (χ1v) is 9.34. The van der Waals surface area contributed by atoms with Gasteiger partial charge < -0.3 is 9.84 Å². The minimum atomic E-state index is -0.472. The molecule has 3 rings (SSSR count). The molecule has 25 heavy (non-hydrogen) atoms. The third kappa shape index (κ3) is 4.62. The maximum atomic E-state index is 11.0. The molecule has 1 saturated carbocycles. The topological polar surface area (TPSA) is 32.7 Å². The minimum absolute atomic E-state index is 0.127. The van der Waals surface area contributed by atoms with E-state index in [2.05, 4.69) is 43.0 Å². The Morgan fingerprint density at radius 2 is 1.64 bits per heavy atom. The van der Waals surface area contributed by atoms with Gasteiger partial charge in [0.25, 0.3) is 0 Å². The van der Waals surface area contributed by atoms with E-state index in [0.29, 0.717) is 6.04 Å². The van der Waals surface area contributed by atoms with Crippen molar-refractivity contribution in [3.63, 3.8) is 0 Å². The van der Waals surface area contributed by atoms with Crippen LogP contribution in [0.3, 0.4) is 0 Å². The summed E-state index contributed by atoms with van der Waals surface area (Å²) < 4.78 is 6.10. The van der Waals surface area contributed by atoms with Crippen molar-refractivity contribution in [1.82, 2.24) is 4.90 Å². The smallest absolute Gasteiger partial charge is 0.126 e. The van der Waals surface area contributed by atoms with Gasteiger partial charge in [0.1, 0.15) is 18.0 Å². The van der Waals surface area contributed by atoms with Crippen molar-refractivity contribution in [2.24, 2.45) is 0 Å². The molecule has 0 radical (unpaired) electrons. The maximum absolute atomic E-state index is 11.0. The number of ether oxygens (including phenoxy) is 1. The van der Waals surface area contributed by atoms with E-state index in [9.17, 15) is 5.11 Å². The molecule has 2 aromatic rings. The molecule has 1 N–H and O–H groups in total. The fourth-order valence-corrected chi connectivity index (χ4v) is 3.76. The van der Waals surface area contributed by atoms with E-state index < -0.39 is 6.10 Å². The highest BCUT2D eigenvalue weighted by Gasteiger charge is 2.37. The standard InChI is InChI=1S/C22H29NO2/c1-17(2)23(16-18-10-5-3-6-11-18)20-14-9-15-21(22(20)24)25-19-12-7-4-8-13-19/h3-8,10-13,17,20-22,24H,9,14-16H2,1-2H3/t20-,21+,22+/m0/s1. The highest BCUT2D eigenvalue weighted by Crippen LogP contribution is 2.29. The van der Waals surface area contributed by atoms with E-state index in [0.717, 1.165) is 31.6 Å². The monoisotopic (exact) mass is 339 g/mol. The van der Waals surface area contributed by atoms with Crippen molar-refractivity contribution in [2.75, 3.05) is 0 Å². The van der Waals surface area contributed by atoms with Crippen molar-refractivity contribution < 1.29 is 9.84 Å². The largest absolute Gasteiger partial charge is 0.488 e. The Labute approximate surface area is 151 Å². The van der Waals surface area contributed by atoms with Crippen LogP contribution in [-0.2, 0) is 6.54 Å². The van der Waals surface area contributed by atoms with E-state index >= 15 is 0 Å². The number of para-hydroxylation sites is 1. The number of aliphatic hydroxyl groups is 1. The molecule has 134 valence electrons. The van der Waals surface area contributed by atoms with Crippen LogP contribution in [0.2, 0.25) is 0 Å². The minimum Gasteiger partial charge on any atom is -0.488 e. The van der Waals surface area contributed by atoms with Crippen molar-refractivity contribution >= 4 is 0 Å². The molecular formula is C22H29NO2. The van der Waals surface area contributed by atoms with Crippen LogP contribution in [0.15, 0.2) is 60.7 Å². The lowest BCUT2D eigenvalue weighted by Gasteiger charge is -2.43. The van der Waals surface area contributed by atoms with Gasteiger partial charge in [0, 0.05) is 18.6 Å². The molecule has 0 bridgehead atoms. The zero-order valence-corrected chi connectivity index (χ0v) is 15.2. The summed E-state index contributed by atoms with van der Waals surface area (Å²) in [4.78, 5) is 2.42. The maximum Gasteiger partial charge on any atom is 0.126 e.